The van der Waals surface area contributed by atoms with Gasteiger partial charge in [0.2, 0.25) is 17.6 Å². The first-order valence-electron chi connectivity index (χ1n) is 12.3. The molecule has 2 aromatic heterocycles. The van der Waals surface area contributed by atoms with E-state index in [-0.39, 0.29) is 41.1 Å². The lowest BCUT2D eigenvalue weighted by Crippen LogP contribution is -2.35. The van der Waals surface area contributed by atoms with E-state index in [1.807, 2.05) is 11.0 Å². The minimum atomic E-state index is -0.534. The lowest BCUT2D eigenvalue weighted by molar-refractivity contribution is 0.0923. The number of pyridine rings is 1. The third-order valence-corrected chi connectivity index (χ3v) is 7.29. The molecule has 0 aromatic carbocycles. The van der Waals surface area contributed by atoms with Gasteiger partial charge in [-0.1, -0.05) is 12.5 Å². The number of hydrogen-bond donors (Lipinski definition) is 1. The number of hydrogen-bond acceptors (Lipinski definition) is 9. The molecule has 3 fully saturated rings. The molecule has 3 heterocycles. The van der Waals surface area contributed by atoms with Gasteiger partial charge in [0.25, 0.3) is 5.91 Å². The Morgan fingerprint density at radius 3 is 2.57 bits per heavy atom. The van der Waals surface area contributed by atoms with Crippen LogP contribution in [-0.2, 0) is 0 Å². The largest absolute Gasteiger partial charge is 0.463 e. The van der Waals surface area contributed by atoms with Gasteiger partial charge in [0, 0.05) is 37.0 Å². The van der Waals surface area contributed by atoms with E-state index in [1.54, 1.807) is 12.1 Å². The van der Waals surface area contributed by atoms with Crippen LogP contribution in [0.3, 0.4) is 0 Å². The summed E-state index contributed by atoms with van der Waals surface area (Å²) in [7, 11) is 0. The second-order valence-corrected chi connectivity index (χ2v) is 9.78. The Labute approximate surface area is 203 Å². The highest BCUT2D eigenvalue weighted by Crippen LogP contribution is 2.38. The molecule has 2 N–H and O–H groups in total. The average molecular weight is 476 g/mol. The standard InChI is InChI=1S/C25H29N7O3/c26-13-17-12-18(17)14-35-25-30-23(21(33)11-15-3-1-4-15)29-24(31-25)32-9-7-16(8-10-32)19-5-2-6-20(28-19)22(27)34/h2,5-6,15-18H,1,3-4,7-12,14H2,(H2,27,34)/t17?,18-/m1/s1. The first-order chi connectivity index (χ1) is 17.0. The third-order valence-electron chi connectivity index (χ3n) is 7.29. The van der Waals surface area contributed by atoms with Crippen LogP contribution in [0.1, 0.15) is 77.7 Å². The second-order valence-electron chi connectivity index (χ2n) is 9.78. The topological polar surface area (TPSA) is 148 Å². The summed E-state index contributed by atoms with van der Waals surface area (Å²) in [6.07, 6.45) is 6.18. The molecule has 2 aromatic rings. The summed E-state index contributed by atoms with van der Waals surface area (Å²) < 4.78 is 5.81. The van der Waals surface area contributed by atoms with Gasteiger partial charge < -0.3 is 15.4 Å². The van der Waals surface area contributed by atoms with E-state index in [0.29, 0.717) is 38.0 Å². The molecule has 10 heteroatoms. The molecular weight excluding hydrogens is 446 g/mol. The van der Waals surface area contributed by atoms with Gasteiger partial charge >= 0.3 is 6.01 Å². The first kappa shape index (κ1) is 23.1. The van der Waals surface area contributed by atoms with Crippen molar-refractivity contribution in [2.75, 3.05) is 24.6 Å². The molecule has 5 rings (SSSR count). The number of amides is 1. The van der Waals surface area contributed by atoms with Crippen LogP contribution >= 0.6 is 0 Å². The number of anilines is 1. The van der Waals surface area contributed by atoms with E-state index in [0.717, 1.165) is 37.8 Å². The highest BCUT2D eigenvalue weighted by molar-refractivity contribution is 5.93. The smallest absolute Gasteiger partial charge is 0.321 e. The van der Waals surface area contributed by atoms with Crippen molar-refractivity contribution >= 4 is 17.6 Å². The number of aromatic nitrogens is 4. The van der Waals surface area contributed by atoms with Crippen LogP contribution in [-0.4, -0.2) is 51.3 Å². The summed E-state index contributed by atoms with van der Waals surface area (Å²) in [4.78, 5) is 44.2. The van der Waals surface area contributed by atoms with Crippen molar-refractivity contribution in [2.24, 2.45) is 23.5 Å². The summed E-state index contributed by atoms with van der Waals surface area (Å²) in [5.74, 6) is 0.806. The van der Waals surface area contributed by atoms with Crippen LogP contribution in [0.15, 0.2) is 18.2 Å². The summed E-state index contributed by atoms with van der Waals surface area (Å²) in [6.45, 7) is 1.71. The molecule has 0 bridgehead atoms. The van der Waals surface area contributed by atoms with E-state index in [2.05, 4.69) is 26.0 Å². The van der Waals surface area contributed by atoms with Gasteiger partial charge in [0.05, 0.1) is 18.6 Å². The zero-order valence-electron chi connectivity index (χ0n) is 19.6. The molecule has 2 atom stereocenters. The van der Waals surface area contributed by atoms with Gasteiger partial charge in [-0.15, -0.1) is 0 Å². The fraction of sp³-hybridized carbons (Fsp3) is 0.560. The molecule has 1 unspecified atom stereocenters. The summed E-state index contributed by atoms with van der Waals surface area (Å²) in [5, 5.41) is 9.04. The Kier molecular flexibility index (Phi) is 6.57. The van der Waals surface area contributed by atoms with Gasteiger partial charge in [-0.05, 0) is 50.2 Å². The van der Waals surface area contributed by atoms with Crippen LogP contribution in [0.25, 0.3) is 0 Å². The Morgan fingerprint density at radius 2 is 1.91 bits per heavy atom. The molecule has 2 aliphatic carbocycles. The summed E-state index contributed by atoms with van der Waals surface area (Å²) in [5.41, 5.74) is 6.51. The van der Waals surface area contributed by atoms with Gasteiger partial charge in [-0.25, -0.2) is 4.98 Å². The molecule has 3 aliphatic rings. The number of rotatable bonds is 9. The summed E-state index contributed by atoms with van der Waals surface area (Å²) >= 11 is 0. The monoisotopic (exact) mass is 475 g/mol. The SMILES string of the molecule is N#CC1C[C@@H]1COc1nc(C(=O)CC2CCC2)nc(N2CCC(c3cccc(C(N)=O)n3)CC2)n1. The van der Waals surface area contributed by atoms with Gasteiger partial charge in [0.1, 0.15) is 5.69 Å². The quantitative estimate of drug-likeness (QED) is 0.540. The van der Waals surface area contributed by atoms with E-state index in [9.17, 15) is 9.59 Å². The molecule has 182 valence electrons. The van der Waals surface area contributed by atoms with Crippen molar-refractivity contribution in [3.05, 3.63) is 35.4 Å². The van der Waals surface area contributed by atoms with Crippen LogP contribution in [0.4, 0.5) is 5.95 Å². The predicted molar refractivity (Wildman–Crippen MR) is 126 cm³/mol. The minimum Gasteiger partial charge on any atom is -0.463 e. The van der Waals surface area contributed by atoms with E-state index in [4.69, 9.17) is 15.7 Å². The van der Waals surface area contributed by atoms with Crippen LogP contribution in [0, 0.1) is 29.1 Å². The molecule has 10 nitrogen and oxygen atoms in total. The fourth-order valence-corrected chi connectivity index (χ4v) is 4.69. The van der Waals surface area contributed by atoms with Crippen LogP contribution in [0.5, 0.6) is 6.01 Å². The highest BCUT2D eigenvalue weighted by Gasteiger charge is 2.38. The third kappa shape index (κ3) is 5.39. The number of nitrogens with zero attached hydrogens (tertiary/aromatic N) is 6. The maximum atomic E-state index is 12.9. The number of ether oxygens (including phenoxy) is 1. The Hall–Kier alpha value is -3.61. The van der Waals surface area contributed by atoms with Crippen molar-refractivity contribution in [3.8, 4) is 12.1 Å². The van der Waals surface area contributed by atoms with E-state index in [1.165, 1.54) is 6.42 Å². The Morgan fingerprint density at radius 1 is 1.11 bits per heavy atom. The first-order valence-corrected chi connectivity index (χ1v) is 12.3. The number of primary amides is 1. The maximum absolute atomic E-state index is 12.9. The second kappa shape index (κ2) is 9.94. The fourth-order valence-electron chi connectivity index (χ4n) is 4.69. The molecule has 2 saturated carbocycles. The van der Waals surface area contributed by atoms with Crippen molar-refractivity contribution < 1.29 is 14.3 Å². The van der Waals surface area contributed by atoms with Crippen molar-refractivity contribution in [1.29, 1.82) is 5.26 Å². The lowest BCUT2D eigenvalue weighted by atomic mass is 9.82. The normalized spacial score (nSPS) is 22.2. The maximum Gasteiger partial charge on any atom is 0.321 e. The zero-order valence-corrected chi connectivity index (χ0v) is 19.6. The number of carbonyl (C=O) groups excluding carboxylic acids is 2. The highest BCUT2D eigenvalue weighted by atomic mass is 16.5. The number of nitrogens with two attached hydrogens (primary N) is 1. The molecule has 35 heavy (non-hydrogen) atoms. The van der Waals surface area contributed by atoms with Crippen molar-refractivity contribution in [3.63, 3.8) is 0 Å². The number of ketones is 1. The lowest BCUT2D eigenvalue weighted by Gasteiger charge is -2.32. The Balaban J connectivity index is 1.29. The van der Waals surface area contributed by atoms with E-state index < -0.39 is 5.91 Å². The van der Waals surface area contributed by atoms with Crippen molar-refractivity contribution in [1.82, 2.24) is 19.9 Å². The Bertz CT molecular complexity index is 1150. The van der Waals surface area contributed by atoms with Gasteiger partial charge in [0.15, 0.2) is 0 Å². The molecule has 1 saturated heterocycles. The average Bonchev–Trinajstić information content (AvgIpc) is 3.63. The molecule has 0 radical (unpaired) electrons. The number of carbonyl (C=O) groups is 2. The molecule has 1 amide bonds. The number of Topliss-reactive ketones (excluding diaryl/α,β-unsaturated/α-hetero) is 1. The molecule has 0 spiro atoms. The molecular formula is C25H29N7O3. The number of nitriles is 1. The van der Waals surface area contributed by atoms with Crippen LogP contribution in [0.2, 0.25) is 0 Å². The van der Waals surface area contributed by atoms with Crippen LogP contribution < -0.4 is 15.4 Å². The van der Waals surface area contributed by atoms with E-state index >= 15 is 0 Å². The predicted octanol–water partition coefficient (Wildman–Crippen LogP) is 2.66. The van der Waals surface area contributed by atoms with Gasteiger partial charge in [-0.3, -0.25) is 9.59 Å². The molecule has 1 aliphatic heterocycles. The zero-order chi connectivity index (χ0) is 24.4. The number of piperidine rings is 1. The summed E-state index contributed by atoms with van der Waals surface area (Å²) in [6, 6.07) is 7.75. The van der Waals surface area contributed by atoms with Crippen molar-refractivity contribution in [2.45, 2.75) is 50.9 Å². The minimum absolute atomic E-state index is 0.0248. The van der Waals surface area contributed by atoms with Gasteiger partial charge in [-0.2, -0.15) is 20.2 Å².